The molecule has 0 aromatic carbocycles. The van der Waals surface area contributed by atoms with Gasteiger partial charge in [0.15, 0.2) is 12.1 Å². The van der Waals surface area contributed by atoms with Crippen molar-refractivity contribution in [1.29, 1.82) is 0 Å². The van der Waals surface area contributed by atoms with Crippen LogP contribution in [-0.4, -0.2) is 81.6 Å². The Kier molecular flexibility index (Phi) is 12.4. The van der Waals surface area contributed by atoms with E-state index < -0.39 is 5.97 Å². The molecule has 0 aliphatic heterocycles. The average Bonchev–Trinajstić information content (AvgIpc) is 2.12. The van der Waals surface area contributed by atoms with Gasteiger partial charge in [-0.05, 0) is 20.8 Å². The summed E-state index contributed by atoms with van der Waals surface area (Å²) in [6.07, 6.45) is 1.66. The fourth-order valence-electron chi connectivity index (χ4n) is 0.553. The summed E-state index contributed by atoms with van der Waals surface area (Å²) >= 11 is 0. The van der Waals surface area contributed by atoms with Gasteiger partial charge in [0.05, 0.1) is 12.7 Å². The molecule has 15 heavy (non-hydrogen) atoms. The minimum atomic E-state index is -0.682. The summed E-state index contributed by atoms with van der Waals surface area (Å²) in [5, 5.41) is 8.66. The molecule has 0 amide bonds. The summed E-state index contributed by atoms with van der Waals surface area (Å²) in [6, 6.07) is 0. The molecule has 0 rings (SSSR count). The third-order valence-corrected chi connectivity index (χ3v) is 1.13. The van der Waals surface area contributed by atoms with Crippen LogP contribution in [0, 0.1) is 0 Å². The first-order valence-electron chi connectivity index (χ1n) is 4.31. The van der Waals surface area contributed by atoms with Gasteiger partial charge >= 0.3 is 57.4 Å². The van der Waals surface area contributed by atoms with Crippen LogP contribution < -0.4 is 0 Å². The second kappa shape index (κ2) is 10.6. The van der Waals surface area contributed by atoms with E-state index in [0.717, 1.165) is 6.40 Å². The predicted octanol–water partition coefficient (Wildman–Crippen LogP) is 0.754. The molecule has 0 radical (unpaired) electrons. The van der Waals surface area contributed by atoms with E-state index in [1.807, 2.05) is 13.8 Å². The molecule has 6 heteroatoms. The van der Waals surface area contributed by atoms with Crippen LogP contribution >= 0.6 is 0 Å². The molecule has 0 atom stereocenters. The average molecular weight is 241 g/mol. The molecule has 0 unspecified atom stereocenters. The van der Waals surface area contributed by atoms with E-state index in [2.05, 4.69) is 9.73 Å². The number of hydrogen-bond donors (Lipinski definition) is 1. The second-order valence-electron chi connectivity index (χ2n) is 2.65. The van der Waals surface area contributed by atoms with Crippen LogP contribution in [0.2, 0.25) is 0 Å². The van der Waals surface area contributed by atoms with Gasteiger partial charge < -0.3 is 14.6 Å². The molecular weight excluding hydrogens is 225 g/mol. The standard InChI is InChI=1S/C9H15NO4.K.H/c1-4-13-9(12)8(5-11)10-6-14-7(2)3;;/h5-7,11H,4H2,1-3H3;;/b8-5+,10-6+;;. The van der Waals surface area contributed by atoms with Gasteiger partial charge in [0, 0.05) is 0 Å². The van der Waals surface area contributed by atoms with E-state index in [9.17, 15) is 4.79 Å². The predicted molar refractivity (Wildman–Crippen MR) is 59.2 cm³/mol. The molecule has 0 saturated heterocycles. The molecule has 0 heterocycles. The zero-order valence-electron chi connectivity index (χ0n) is 8.56. The zero-order chi connectivity index (χ0) is 11.0. The third kappa shape index (κ3) is 9.07. The van der Waals surface area contributed by atoms with Gasteiger partial charge in [0.2, 0.25) is 0 Å². The Morgan fingerprint density at radius 1 is 1.53 bits per heavy atom. The molecule has 1 N–H and O–H groups in total. The van der Waals surface area contributed by atoms with Gasteiger partial charge in [0.1, 0.15) is 6.26 Å². The molecule has 5 nitrogen and oxygen atoms in total. The molecule has 0 aromatic heterocycles. The fraction of sp³-hybridized carbons (Fsp3) is 0.556. The first-order chi connectivity index (χ1) is 6.61. The minimum absolute atomic E-state index is 0. The molecule has 0 aliphatic carbocycles. The topological polar surface area (TPSA) is 68.1 Å². The van der Waals surface area contributed by atoms with Crippen molar-refractivity contribution in [2.75, 3.05) is 6.61 Å². The van der Waals surface area contributed by atoms with Crippen LogP contribution in [0.15, 0.2) is 17.0 Å². The van der Waals surface area contributed by atoms with Crippen molar-refractivity contribution < 1.29 is 19.4 Å². The Balaban J connectivity index is 0. The van der Waals surface area contributed by atoms with E-state index in [1.54, 1.807) is 6.92 Å². The van der Waals surface area contributed by atoms with Crippen LogP contribution in [0.4, 0.5) is 0 Å². The number of esters is 1. The van der Waals surface area contributed by atoms with Gasteiger partial charge in [-0.1, -0.05) is 0 Å². The number of hydrogen-bond acceptors (Lipinski definition) is 5. The Bertz CT molecular complexity index is 238. The van der Waals surface area contributed by atoms with Gasteiger partial charge in [0.25, 0.3) is 0 Å². The van der Waals surface area contributed by atoms with Crippen molar-refractivity contribution in [1.82, 2.24) is 0 Å². The first kappa shape index (κ1) is 17.5. The fourth-order valence-corrected chi connectivity index (χ4v) is 0.553. The van der Waals surface area contributed by atoms with Crippen LogP contribution in [0.25, 0.3) is 0 Å². The van der Waals surface area contributed by atoms with Gasteiger partial charge in [-0.2, -0.15) is 0 Å². The molecule has 0 bridgehead atoms. The number of aliphatic imine (C=N–C) groups is 1. The van der Waals surface area contributed by atoms with Crippen LogP contribution in [0.1, 0.15) is 20.8 Å². The van der Waals surface area contributed by atoms with Crippen molar-refractivity contribution in [3.8, 4) is 0 Å². The van der Waals surface area contributed by atoms with E-state index >= 15 is 0 Å². The number of carbonyl (C=O) groups excluding carboxylic acids is 1. The van der Waals surface area contributed by atoms with Crippen molar-refractivity contribution >= 4 is 63.8 Å². The van der Waals surface area contributed by atoms with E-state index in [-0.39, 0.29) is 69.8 Å². The molecule has 82 valence electrons. The maximum absolute atomic E-state index is 11.0. The van der Waals surface area contributed by atoms with Crippen LogP contribution in [0.5, 0.6) is 0 Å². The maximum atomic E-state index is 11.0. The molecule has 0 saturated carbocycles. The van der Waals surface area contributed by atoms with E-state index in [0.29, 0.717) is 6.26 Å². The number of aliphatic hydroxyl groups excluding tert-OH is 1. The summed E-state index contributed by atoms with van der Waals surface area (Å²) < 4.78 is 9.57. The third-order valence-electron chi connectivity index (χ3n) is 1.13. The summed E-state index contributed by atoms with van der Waals surface area (Å²) in [4.78, 5) is 14.6. The summed E-state index contributed by atoms with van der Waals surface area (Å²) in [5.41, 5.74) is -0.187. The number of aliphatic hydroxyl groups is 1. The SMILES string of the molecule is CCOC(=O)C(=C\O)/N=C/OC(C)C.[KH]. The Morgan fingerprint density at radius 2 is 2.13 bits per heavy atom. The normalized spacial score (nSPS) is 11.3. The number of carbonyl (C=O) groups is 1. The van der Waals surface area contributed by atoms with E-state index in [4.69, 9.17) is 9.84 Å². The van der Waals surface area contributed by atoms with E-state index in [1.165, 1.54) is 0 Å². The Morgan fingerprint density at radius 3 is 2.53 bits per heavy atom. The monoisotopic (exact) mass is 241 g/mol. The van der Waals surface area contributed by atoms with Gasteiger partial charge in [-0.3, -0.25) is 0 Å². The molecule has 0 spiro atoms. The molecule has 0 fully saturated rings. The van der Waals surface area contributed by atoms with Crippen molar-refractivity contribution in [2.45, 2.75) is 26.9 Å². The summed E-state index contributed by atoms with van der Waals surface area (Å²) in [7, 11) is 0. The van der Waals surface area contributed by atoms with Crippen molar-refractivity contribution in [3.63, 3.8) is 0 Å². The zero-order valence-corrected chi connectivity index (χ0v) is 8.56. The van der Waals surface area contributed by atoms with Gasteiger partial charge in [-0.15, -0.1) is 0 Å². The number of nitrogens with zero attached hydrogens (tertiary/aromatic N) is 1. The van der Waals surface area contributed by atoms with Crippen LogP contribution in [0.3, 0.4) is 0 Å². The molecule has 0 aliphatic rings. The molecule has 0 aromatic rings. The first-order valence-corrected chi connectivity index (χ1v) is 4.31. The Labute approximate surface area is 132 Å². The van der Waals surface area contributed by atoms with Gasteiger partial charge in [-0.25, -0.2) is 9.79 Å². The Hall–Kier alpha value is 0.116. The number of ether oxygens (including phenoxy) is 2. The summed E-state index contributed by atoms with van der Waals surface area (Å²) in [5.74, 6) is -0.682. The molecular formula is C9H16KNO4. The number of rotatable bonds is 5. The van der Waals surface area contributed by atoms with Crippen molar-refractivity contribution in [3.05, 3.63) is 12.0 Å². The summed E-state index contributed by atoms with van der Waals surface area (Å²) in [6.45, 7) is 5.54. The van der Waals surface area contributed by atoms with Crippen LogP contribution in [-0.2, 0) is 14.3 Å². The quantitative estimate of drug-likeness (QED) is 0.193. The van der Waals surface area contributed by atoms with Crippen molar-refractivity contribution in [2.24, 2.45) is 4.99 Å². The second-order valence-corrected chi connectivity index (χ2v) is 2.65.